The molecule has 2 nitrogen and oxygen atoms in total. The molecule has 0 aliphatic rings. The molecule has 0 aromatic heterocycles. The lowest BCUT2D eigenvalue weighted by atomic mass is 10.1. The molecule has 1 rings (SSSR count). The van der Waals surface area contributed by atoms with Crippen LogP contribution in [-0.2, 0) is 0 Å². The van der Waals surface area contributed by atoms with Crippen LogP contribution in [0.25, 0.3) is 0 Å². The number of anilines is 1. The van der Waals surface area contributed by atoms with Gasteiger partial charge in [-0.25, -0.2) is 0 Å². The monoisotopic (exact) mass is 234 g/mol. The van der Waals surface area contributed by atoms with E-state index in [1.807, 2.05) is 0 Å². The lowest BCUT2D eigenvalue weighted by Gasteiger charge is -2.24. The first-order valence-electron chi connectivity index (χ1n) is 6.53. The van der Waals surface area contributed by atoms with Gasteiger partial charge in [-0.3, -0.25) is 0 Å². The van der Waals surface area contributed by atoms with Crippen molar-refractivity contribution in [1.29, 1.82) is 0 Å². The van der Waals surface area contributed by atoms with Crippen LogP contribution in [0.2, 0.25) is 0 Å². The van der Waals surface area contributed by atoms with Crippen LogP contribution in [0.1, 0.15) is 25.0 Å². The molecule has 1 aromatic carbocycles. The zero-order chi connectivity index (χ0) is 12.8. The highest BCUT2D eigenvalue weighted by Crippen LogP contribution is 2.18. The van der Waals surface area contributed by atoms with Gasteiger partial charge in [0.15, 0.2) is 0 Å². The minimum Gasteiger partial charge on any atom is -0.374 e. The SMILES string of the molecule is CCNCC(C)CN(C)c1cc(C)cc(C)c1. The molecule has 1 unspecified atom stereocenters. The topological polar surface area (TPSA) is 15.3 Å². The van der Waals surface area contributed by atoms with Crippen molar-refractivity contribution in [1.82, 2.24) is 5.32 Å². The number of hydrogen-bond acceptors (Lipinski definition) is 2. The zero-order valence-electron chi connectivity index (χ0n) is 11.9. The van der Waals surface area contributed by atoms with Gasteiger partial charge in [-0.1, -0.05) is 19.9 Å². The summed E-state index contributed by atoms with van der Waals surface area (Å²) in [7, 11) is 2.18. The van der Waals surface area contributed by atoms with Crippen molar-refractivity contribution < 1.29 is 0 Å². The van der Waals surface area contributed by atoms with Gasteiger partial charge in [-0.05, 0) is 56.1 Å². The molecule has 96 valence electrons. The number of nitrogens with one attached hydrogen (secondary N) is 1. The molecule has 1 atom stereocenters. The van der Waals surface area contributed by atoms with Crippen LogP contribution in [0.5, 0.6) is 0 Å². The molecular formula is C15H26N2. The van der Waals surface area contributed by atoms with Gasteiger partial charge in [0.05, 0.1) is 0 Å². The minimum atomic E-state index is 0.667. The third-order valence-corrected chi connectivity index (χ3v) is 2.98. The van der Waals surface area contributed by atoms with Gasteiger partial charge in [-0.2, -0.15) is 0 Å². The van der Waals surface area contributed by atoms with Gasteiger partial charge in [0.25, 0.3) is 0 Å². The van der Waals surface area contributed by atoms with E-state index in [4.69, 9.17) is 0 Å². The molecule has 0 aliphatic carbocycles. The summed E-state index contributed by atoms with van der Waals surface area (Å²) in [5.74, 6) is 0.667. The third-order valence-electron chi connectivity index (χ3n) is 2.98. The number of aryl methyl sites for hydroxylation is 2. The molecule has 0 saturated carbocycles. The summed E-state index contributed by atoms with van der Waals surface area (Å²) in [6.45, 7) is 12.0. The second-order valence-electron chi connectivity index (χ2n) is 5.14. The fourth-order valence-corrected chi connectivity index (χ4v) is 2.20. The standard InChI is InChI=1S/C15H26N2/c1-6-16-10-14(4)11-17(5)15-8-12(2)7-13(3)9-15/h7-9,14,16H,6,10-11H2,1-5H3. The number of rotatable bonds is 6. The lowest BCUT2D eigenvalue weighted by molar-refractivity contribution is 0.523. The minimum absolute atomic E-state index is 0.667. The van der Waals surface area contributed by atoms with E-state index in [9.17, 15) is 0 Å². The first-order valence-corrected chi connectivity index (χ1v) is 6.53. The summed E-state index contributed by atoms with van der Waals surface area (Å²) in [5.41, 5.74) is 4.00. The molecule has 0 amide bonds. The van der Waals surface area contributed by atoms with Crippen LogP contribution in [-0.4, -0.2) is 26.7 Å². The summed E-state index contributed by atoms with van der Waals surface area (Å²) in [6, 6.07) is 6.74. The highest BCUT2D eigenvalue weighted by Gasteiger charge is 2.07. The Hall–Kier alpha value is -1.02. The second kappa shape index (κ2) is 6.65. The molecule has 0 spiro atoms. The summed E-state index contributed by atoms with van der Waals surface area (Å²) < 4.78 is 0. The summed E-state index contributed by atoms with van der Waals surface area (Å²) in [6.07, 6.45) is 0. The number of hydrogen-bond donors (Lipinski definition) is 1. The average molecular weight is 234 g/mol. The van der Waals surface area contributed by atoms with Crippen LogP contribution in [0.15, 0.2) is 18.2 Å². The maximum absolute atomic E-state index is 3.40. The first kappa shape index (κ1) is 14.0. The van der Waals surface area contributed by atoms with E-state index in [0.717, 1.165) is 19.6 Å². The lowest BCUT2D eigenvalue weighted by Crippen LogP contribution is -2.31. The van der Waals surface area contributed by atoms with Crippen LogP contribution in [0.4, 0.5) is 5.69 Å². The van der Waals surface area contributed by atoms with Crippen molar-refractivity contribution >= 4 is 5.69 Å². The fourth-order valence-electron chi connectivity index (χ4n) is 2.20. The summed E-state index contributed by atoms with van der Waals surface area (Å²) >= 11 is 0. The normalized spacial score (nSPS) is 12.5. The molecule has 2 heteroatoms. The molecule has 0 bridgehead atoms. The van der Waals surface area contributed by atoms with Gasteiger partial charge < -0.3 is 10.2 Å². The van der Waals surface area contributed by atoms with Gasteiger partial charge in [0, 0.05) is 19.3 Å². The van der Waals surface area contributed by atoms with E-state index in [1.54, 1.807) is 0 Å². The smallest absolute Gasteiger partial charge is 0.0369 e. The first-order chi connectivity index (χ1) is 8.02. The summed E-state index contributed by atoms with van der Waals surface area (Å²) in [4.78, 5) is 2.35. The van der Waals surface area contributed by atoms with Crippen LogP contribution in [0.3, 0.4) is 0 Å². The number of benzene rings is 1. The Bertz CT molecular complexity index is 327. The predicted octanol–water partition coefficient (Wildman–Crippen LogP) is 2.99. The molecular weight excluding hydrogens is 208 g/mol. The van der Waals surface area contributed by atoms with Gasteiger partial charge >= 0.3 is 0 Å². The van der Waals surface area contributed by atoms with Crippen molar-refractivity contribution in [3.8, 4) is 0 Å². The molecule has 0 saturated heterocycles. The van der Waals surface area contributed by atoms with Crippen LogP contribution in [0, 0.1) is 19.8 Å². The Balaban J connectivity index is 2.59. The second-order valence-corrected chi connectivity index (χ2v) is 5.14. The largest absolute Gasteiger partial charge is 0.374 e. The Morgan fingerprint density at radius 1 is 1.18 bits per heavy atom. The summed E-state index contributed by atoms with van der Waals surface area (Å²) in [5, 5.41) is 3.40. The highest BCUT2D eigenvalue weighted by atomic mass is 15.1. The predicted molar refractivity (Wildman–Crippen MR) is 76.9 cm³/mol. The van der Waals surface area contributed by atoms with E-state index in [0.29, 0.717) is 5.92 Å². The maximum Gasteiger partial charge on any atom is 0.0369 e. The Kier molecular flexibility index (Phi) is 5.49. The maximum atomic E-state index is 3.40. The molecule has 0 aliphatic heterocycles. The van der Waals surface area contributed by atoms with Crippen LogP contribution >= 0.6 is 0 Å². The van der Waals surface area contributed by atoms with Crippen LogP contribution < -0.4 is 10.2 Å². The molecule has 0 fully saturated rings. The van der Waals surface area contributed by atoms with Gasteiger partial charge in [0.2, 0.25) is 0 Å². The zero-order valence-corrected chi connectivity index (χ0v) is 11.9. The Morgan fingerprint density at radius 2 is 1.76 bits per heavy atom. The highest BCUT2D eigenvalue weighted by molar-refractivity contribution is 5.50. The Morgan fingerprint density at radius 3 is 2.29 bits per heavy atom. The van der Waals surface area contributed by atoms with Crippen molar-refractivity contribution in [2.24, 2.45) is 5.92 Å². The van der Waals surface area contributed by atoms with E-state index in [2.05, 4.69) is 63.2 Å². The van der Waals surface area contributed by atoms with E-state index in [1.165, 1.54) is 16.8 Å². The molecule has 1 aromatic rings. The van der Waals surface area contributed by atoms with Gasteiger partial charge in [-0.15, -0.1) is 0 Å². The molecule has 0 radical (unpaired) electrons. The molecule has 1 N–H and O–H groups in total. The van der Waals surface area contributed by atoms with E-state index in [-0.39, 0.29) is 0 Å². The van der Waals surface area contributed by atoms with Crippen molar-refractivity contribution in [2.45, 2.75) is 27.7 Å². The quantitative estimate of drug-likeness (QED) is 0.814. The third kappa shape index (κ3) is 4.78. The van der Waals surface area contributed by atoms with Crippen molar-refractivity contribution in [2.75, 3.05) is 31.6 Å². The van der Waals surface area contributed by atoms with Crippen molar-refractivity contribution in [3.63, 3.8) is 0 Å². The van der Waals surface area contributed by atoms with E-state index < -0.39 is 0 Å². The van der Waals surface area contributed by atoms with Crippen molar-refractivity contribution in [3.05, 3.63) is 29.3 Å². The number of nitrogens with zero attached hydrogens (tertiary/aromatic N) is 1. The van der Waals surface area contributed by atoms with Gasteiger partial charge in [0.1, 0.15) is 0 Å². The molecule has 0 heterocycles. The Labute approximate surface area is 106 Å². The van der Waals surface area contributed by atoms with E-state index >= 15 is 0 Å². The average Bonchev–Trinajstić information content (AvgIpc) is 2.25. The fraction of sp³-hybridized carbons (Fsp3) is 0.600. The molecule has 17 heavy (non-hydrogen) atoms.